The van der Waals surface area contributed by atoms with Crippen molar-refractivity contribution in [3.63, 3.8) is 0 Å². The molecule has 0 aliphatic heterocycles. The fraction of sp³-hybridized carbons (Fsp3) is 0.0952. The van der Waals surface area contributed by atoms with E-state index < -0.39 is 0 Å². The van der Waals surface area contributed by atoms with E-state index in [9.17, 15) is 4.79 Å². The number of benzene rings is 3. The van der Waals surface area contributed by atoms with Crippen molar-refractivity contribution < 1.29 is 9.15 Å². The molecule has 1 heterocycles. The third-order valence-electron chi connectivity index (χ3n) is 4.23. The van der Waals surface area contributed by atoms with Gasteiger partial charge in [0, 0.05) is 0 Å². The number of fused-ring (bicyclic) bond motifs is 2. The Morgan fingerprint density at radius 3 is 2.42 bits per heavy atom. The molecule has 1 aromatic heterocycles. The number of hydrogen-bond acceptors (Lipinski definition) is 3. The molecule has 24 heavy (non-hydrogen) atoms. The molecule has 3 heteroatoms. The molecule has 0 amide bonds. The van der Waals surface area contributed by atoms with E-state index in [0.29, 0.717) is 21.9 Å². The van der Waals surface area contributed by atoms with Gasteiger partial charge in [0.05, 0.1) is 17.9 Å². The molecule has 118 valence electrons. The van der Waals surface area contributed by atoms with Gasteiger partial charge in [-0.15, -0.1) is 0 Å². The molecule has 3 aromatic carbocycles. The van der Waals surface area contributed by atoms with Gasteiger partial charge in [0.2, 0.25) is 5.43 Å². The van der Waals surface area contributed by atoms with Gasteiger partial charge in [-0.05, 0) is 53.9 Å². The van der Waals surface area contributed by atoms with Crippen molar-refractivity contribution in [1.29, 1.82) is 0 Å². The van der Waals surface area contributed by atoms with Gasteiger partial charge in [-0.2, -0.15) is 0 Å². The van der Waals surface area contributed by atoms with Crippen molar-refractivity contribution in [3.8, 4) is 16.9 Å². The number of rotatable bonds is 2. The minimum Gasteiger partial charge on any atom is -0.497 e. The highest BCUT2D eigenvalue weighted by molar-refractivity contribution is 5.99. The molecule has 0 aliphatic rings. The van der Waals surface area contributed by atoms with Gasteiger partial charge in [0.15, 0.2) is 0 Å². The molecule has 3 nitrogen and oxygen atoms in total. The quantitative estimate of drug-likeness (QED) is 0.492. The lowest BCUT2D eigenvalue weighted by Gasteiger charge is -2.10. The number of ether oxygens (including phenoxy) is 1. The van der Waals surface area contributed by atoms with Crippen molar-refractivity contribution >= 4 is 21.9 Å². The average Bonchev–Trinajstić information content (AvgIpc) is 2.61. The first kappa shape index (κ1) is 14.5. The number of methoxy groups -OCH3 is 1. The summed E-state index contributed by atoms with van der Waals surface area (Å²) in [6, 6.07) is 19.0. The lowest BCUT2D eigenvalue weighted by molar-refractivity contribution is 0.415. The van der Waals surface area contributed by atoms with E-state index in [1.807, 2.05) is 61.5 Å². The first-order valence-corrected chi connectivity index (χ1v) is 7.78. The Hall–Kier alpha value is -3.07. The van der Waals surface area contributed by atoms with Crippen LogP contribution in [0, 0.1) is 6.92 Å². The highest BCUT2D eigenvalue weighted by Gasteiger charge is 2.13. The van der Waals surface area contributed by atoms with Gasteiger partial charge in [-0.1, -0.05) is 30.3 Å². The lowest BCUT2D eigenvalue weighted by Crippen LogP contribution is -2.04. The van der Waals surface area contributed by atoms with Crippen molar-refractivity contribution in [2.24, 2.45) is 0 Å². The predicted octanol–water partition coefficient (Wildman–Crippen LogP) is 4.93. The Bertz CT molecular complexity index is 1110. The topological polar surface area (TPSA) is 39.4 Å². The smallest absolute Gasteiger partial charge is 0.201 e. The maximum atomic E-state index is 13.0. The van der Waals surface area contributed by atoms with E-state index in [4.69, 9.17) is 9.15 Å². The van der Waals surface area contributed by atoms with Crippen LogP contribution in [0.3, 0.4) is 0 Å². The molecule has 0 atom stereocenters. The van der Waals surface area contributed by atoms with Crippen LogP contribution in [-0.2, 0) is 0 Å². The first-order valence-electron chi connectivity index (χ1n) is 7.78. The molecule has 0 unspecified atom stereocenters. The molecule has 4 rings (SSSR count). The largest absolute Gasteiger partial charge is 0.497 e. The summed E-state index contributed by atoms with van der Waals surface area (Å²) in [6.07, 6.45) is 0. The molecule has 0 saturated heterocycles. The van der Waals surface area contributed by atoms with Crippen LogP contribution in [-0.4, -0.2) is 7.11 Å². The van der Waals surface area contributed by atoms with Crippen LogP contribution < -0.4 is 10.2 Å². The third-order valence-corrected chi connectivity index (χ3v) is 4.23. The maximum Gasteiger partial charge on any atom is 0.201 e. The van der Waals surface area contributed by atoms with E-state index in [-0.39, 0.29) is 5.43 Å². The molecule has 0 radical (unpaired) electrons. The van der Waals surface area contributed by atoms with Crippen LogP contribution in [0.25, 0.3) is 33.1 Å². The highest BCUT2D eigenvalue weighted by atomic mass is 16.5. The van der Waals surface area contributed by atoms with Crippen LogP contribution in [0.15, 0.2) is 69.9 Å². The highest BCUT2D eigenvalue weighted by Crippen LogP contribution is 2.31. The second kappa shape index (κ2) is 5.53. The first-order chi connectivity index (χ1) is 11.7. The molecular formula is C21H16O3. The summed E-state index contributed by atoms with van der Waals surface area (Å²) in [6.45, 7) is 2.00. The minimum absolute atomic E-state index is 0.00216. The van der Waals surface area contributed by atoms with Gasteiger partial charge >= 0.3 is 0 Å². The summed E-state index contributed by atoms with van der Waals surface area (Å²) in [5.74, 6) is 0.785. The number of hydrogen-bond donors (Lipinski definition) is 0. The molecule has 0 fully saturated rings. The van der Waals surface area contributed by atoms with Crippen molar-refractivity contribution in [2.75, 3.05) is 7.11 Å². The average molecular weight is 316 g/mol. The molecule has 0 bridgehead atoms. The summed E-state index contributed by atoms with van der Waals surface area (Å²) < 4.78 is 11.2. The van der Waals surface area contributed by atoms with Gasteiger partial charge in [-0.3, -0.25) is 4.79 Å². The monoisotopic (exact) mass is 316 g/mol. The van der Waals surface area contributed by atoms with Crippen LogP contribution in [0.2, 0.25) is 0 Å². The zero-order valence-corrected chi connectivity index (χ0v) is 13.5. The summed E-state index contributed by atoms with van der Waals surface area (Å²) in [4.78, 5) is 13.0. The van der Waals surface area contributed by atoms with E-state index in [2.05, 4.69) is 0 Å². The Morgan fingerprint density at radius 2 is 1.67 bits per heavy atom. The molecule has 0 spiro atoms. The minimum atomic E-state index is -0.00216. The van der Waals surface area contributed by atoms with E-state index in [0.717, 1.165) is 22.4 Å². The summed E-state index contributed by atoms with van der Waals surface area (Å²) in [7, 11) is 1.64. The Balaban J connectivity index is 2.10. The zero-order chi connectivity index (χ0) is 16.7. The van der Waals surface area contributed by atoms with E-state index in [1.165, 1.54) is 0 Å². The third kappa shape index (κ3) is 2.26. The molecule has 0 saturated carbocycles. The van der Waals surface area contributed by atoms with Crippen LogP contribution in [0.1, 0.15) is 5.56 Å². The summed E-state index contributed by atoms with van der Waals surface area (Å²) >= 11 is 0. The SMILES string of the molecule is COc1ccc(-c2cc(C)cc3oc4ccccc4c(=O)c23)cc1. The predicted molar refractivity (Wildman–Crippen MR) is 96.7 cm³/mol. The molecular weight excluding hydrogens is 300 g/mol. The number of aryl methyl sites for hydroxylation is 1. The van der Waals surface area contributed by atoms with Crippen LogP contribution >= 0.6 is 0 Å². The van der Waals surface area contributed by atoms with E-state index in [1.54, 1.807) is 13.2 Å². The standard InChI is InChI=1S/C21H16O3/c1-13-11-17(14-7-9-15(23-2)10-8-14)20-19(12-13)24-18-6-4-3-5-16(18)21(20)22/h3-12H,1-2H3. The Labute approximate surface area is 139 Å². The van der Waals surface area contributed by atoms with Crippen LogP contribution in [0.4, 0.5) is 0 Å². The summed E-state index contributed by atoms with van der Waals surface area (Å²) in [5, 5.41) is 1.22. The molecule has 0 aliphatic carbocycles. The molecule has 4 aromatic rings. The zero-order valence-electron chi connectivity index (χ0n) is 13.5. The van der Waals surface area contributed by atoms with Crippen molar-refractivity contribution in [2.45, 2.75) is 6.92 Å². The second-order valence-electron chi connectivity index (χ2n) is 5.84. The van der Waals surface area contributed by atoms with Crippen molar-refractivity contribution in [1.82, 2.24) is 0 Å². The maximum absolute atomic E-state index is 13.0. The molecule has 0 N–H and O–H groups in total. The fourth-order valence-electron chi connectivity index (χ4n) is 3.06. The fourth-order valence-corrected chi connectivity index (χ4v) is 3.06. The van der Waals surface area contributed by atoms with Gasteiger partial charge < -0.3 is 9.15 Å². The summed E-state index contributed by atoms with van der Waals surface area (Å²) in [5.41, 5.74) is 4.12. The number of para-hydroxylation sites is 1. The Morgan fingerprint density at radius 1 is 0.917 bits per heavy atom. The van der Waals surface area contributed by atoms with Crippen LogP contribution in [0.5, 0.6) is 5.75 Å². The van der Waals surface area contributed by atoms with Crippen molar-refractivity contribution in [3.05, 3.63) is 76.5 Å². The second-order valence-corrected chi connectivity index (χ2v) is 5.84. The lowest BCUT2D eigenvalue weighted by atomic mass is 9.97. The Kier molecular flexibility index (Phi) is 3.35. The van der Waals surface area contributed by atoms with Gasteiger partial charge in [0.1, 0.15) is 16.9 Å². The normalized spacial score (nSPS) is 11.1. The van der Waals surface area contributed by atoms with Gasteiger partial charge in [0.25, 0.3) is 0 Å². The van der Waals surface area contributed by atoms with E-state index >= 15 is 0 Å². The van der Waals surface area contributed by atoms with Gasteiger partial charge in [-0.25, -0.2) is 0 Å².